The highest BCUT2D eigenvalue weighted by Gasteiger charge is 2.07. The Balaban J connectivity index is 2.64. The number of rotatable bonds is 3. The molecule has 0 aliphatic heterocycles. The number of aromatic amines is 1. The van der Waals surface area contributed by atoms with Crippen LogP contribution in [0.5, 0.6) is 0 Å². The molecule has 0 unspecified atom stereocenters. The smallest absolute Gasteiger partial charge is 0.178 e. The molecule has 2 rings (SSSR count). The average Bonchev–Trinajstić information content (AvgIpc) is 2.52. The van der Waals surface area contributed by atoms with Gasteiger partial charge >= 0.3 is 0 Å². The molecule has 0 spiro atoms. The van der Waals surface area contributed by atoms with Crippen molar-refractivity contribution < 1.29 is 4.39 Å². The van der Waals surface area contributed by atoms with E-state index in [9.17, 15) is 4.39 Å². The van der Waals surface area contributed by atoms with Crippen LogP contribution in [0.3, 0.4) is 0 Å². The zero-order valence-corrected chi connectivity index (χ0v) is 11.4. The standard InChI is InChI=1S/C11H10FIN2S/c1-2-3-4-15-10-5-7(12)8(13)6-9(10)14-11(15)16/h2,5-6H,1,3-4H2,(H,14,16). The zero-order chi connectivity index (χ0) is 11.7. The van der Waals surface area contributed by atoms with E-state index in [2.05, 4.69) is 11.6 Å². The van der Waals surface area contributed by atoms with Crippen LogP contribution in [0.2, 0.25) is 0 Å². The van der Waals surface area contributed by atoms with Gasteiger partial charge in [0.15, 0.2) is 4.77 Å². The van der Waals surface area contributed by atoms with Gasteiger partial charge in [-0.05, 0) is 47.3 Å². The topological polar surface area (TPSA) is 20.7 Å². The number of aryl methyl sites for hydroxylation is 1. The predicted molar refractivity (Wildman–Crippen MR) is 74.6 cm³/mol. The van der Waals surface area contributed by atoms with E-state index >= 15 is 0 Å². The number of fused-ring (bicyclic) bond motifs is 1. The minimum atomic E-state index is -0.213. The normalized spacial score (nSPS) is 10.9. The largest absolute Gasteiger partial charge is 0.331 e. The summed E-state index contributed by atoms with van der Waals surface area (Å²) in [7, 11) is 0. The van der Waals surface area contributed by atoms with E-state index in [1.165, 1.54) is 6.07 Å². The Labute approximate surface area is 111 Å². The molecule has 0 aliphatic carbocycles. The van der Waals surface area contributed by atoms with Gasteiger partial charge in [0, 0.05) is 12.6 Å². The van der Waals surface area contributed by atoms with Crippen LogP contribution in [-0.4, -0.2) is 9.55 Å². The Kier molecular flexibility index (Phi) is 3.44. The Bertz CT molecular complexity index is 600. The van der Waals surface area contributed by atoms with Crippen molar-refractivity contribution in [2.75, 3.05) is 0 Å². The Morgan fingerprint density at radius 1 is 1.56 bits per heavy atom. The lowest BCUT2D eigenvalue weighted by Gasteiger charge is -2.02. The third-order valence-corrected chi connectivity index (χ3v) is 3.52. The third kappa shape index (κ3) is 2.06. The number of hydrogen-bond acceptors (Lipinski definition) is 1. The maximum atomic E-state index is 13.5. The van der Waals surface area contributed by atoms with Crippen molar-refractivity contribution in [3.8, 4) is 0 Å². The van der Waals surface area contributed by atoms with Crippen LogP contribution in [0.1, 0.15) is 6.42 Å². The van der Waals surface area contributed by atoms with Crippen molar-refractivity contribution >= 4 is 45.8 Å². The van der Waals surface area contributed by atoms with Crippen LogP contribution < -0.4 is 0 Å². The summed E-state index contributed by atoms with van der Waals surface area (Å²) >= 11 is 7.17. The van der Waals surface area contributed by atoms with Crippen molar-refractivity contribution in [2.45, 2.75) is 13.0 Å². The van der Waals surface area contributed by atoms with Crippen LogP contribution >= 0.6 is 34.8 Å². The zero-order valence-electron chi connectivity index (χ0n) is 8.46. The molecule has 0 radical (unpaired) electrons. The minimum Gasteiger partial charge on any atom is -0.331 e. The molecular weight excluding hydrogens is 338 g/mol. The van der Waals surface area contributed by atoms with Gasteiger partial charge in [0.05, 0.1) is 14.6 Å². The van der Waals surface area contributed by atoms with Gasteiger partial charge in [0.1, 0.15) is 5.82 Å². The first kappa shape index (κ1) is 11.8. The molecule has 0 atom stereocenters. The summed E-state index contributed by atoms with van der Waals surface area (Å²) < 4.78 is 16.6. The number of hydrogen-bond donors (Lipinski definition) is 1. The van der Waals surface area contributed by atoms with Gasteiger partial charge in [-0.15, -0.1) is 6.58 Å². The number of benzene rings is 1. The van der Waals surface area contributed by atoms with E-state index in [0.29, 0.717) is 8.34 Å². The molecule has 1 aromatic carbocycles. The molecule has 84 valence electrons. The fourth-order valence-corrected chi connectivity index (χ4v) is 2.36. The van der Waals surface area contributed by atoms with Crippen LogP contribution in [0.4, 0.5) is 4.39 Å². The van der Waals surface area contributed by atoms with Crippen LogP contribution in [-0.2, 0) is 6.54 Å². The molecule has 5 heteroatoms. The van der Waals surface area contributed by atoms with Gasteiger partial charge in [-0.3, -0.25) is 0 Å². The predicted octanol–water partition coefficient (Wildman–Crippen LogP) is 4.02. The number of aromatic nitrogens is 2. The first-order valence-corrected chi connectivity index (χ1v) is 6.30. The quantitative estimate of drug-likeness (QED) is 0.505. The molecule has 0 bridgehead atoms. The maximum absolute atomic E-state index is 13.5. The van der Waals surface area contributed by atoms with Crippen molar-refractivity contribution in [1.29, 1.82) is 0 Å². The molecule has 2 nitrogen and oxygen atoms in total. The molecule has 1 N–H and O–H groups in total. The monoisotopic (exact) mass is 348 g/mol. The Hall–Kier alpha value is -0.690. The summed E-state index contributed by atoms with van der Waals surface area (Å²) in [6, 6.07) is 3.29. The summed E-state index contributed by atoms with van der Waals surface area (Å²) in [4.78, 5) is 3.08. The lowest BCUT2D eigenvalue weighted by atomic mass is 10.3. The highest BCUT2D eigenvalue weighted by molar-refractivity contribution is 14.1. The van der Waals surface area contributed by atoms with Crippen molar-refractivity contribution in [3.63, 3.8) is 0 Å². The second-order valence-corrected chi connectivity index (χ2v) is 4.99. The van der Waals surface area contributed by atoms with E-state index in [-0.39, 0.29) is 5.82 Å². The van der Waals surface area contributed by atoms with Crippen molar-refractivity contribution in [1.82, 2.24) is 9.55 Å². The first-order chi connectivity index (χ1) is 7.63. The van der Waals surface area contributed by atoms with E-state index in [1.54, 1.807) is 6.07 Å². The Morgan fingerprint density at radius 2 is 2.31 bits per heavy atom. The average molecular weight is 348 g/mol. The number of halogens is 2. The second kappa shape index (κ2) is 4.67. The Morgan fingerprint density at radius 3 is 3.00 bits per heavy atom. The summed E-state index contributed by atoms with van der Waals surface area (Å²) in [6.07, 6.45) is 2.64. The van der Waals surface area contributed by atoms with Gasteiger partial charge < -0.3 is 9.55 Å². The highest BCUT2D eigenvalue weighted by Crippen LogP contribution is 2.20. The molecule has 0 saturated carbocycles. The van der Waals surface area contributed by atoms with Gasteiger partial charge in [0.2, 0.25) is 0 Å². The summed E-state index contributed by atoms with van der Waals surface area (Å²) in [6.45, 7) is 4.39. The van der Waals surface area contributed by atoms with Crippen LogP contribution in [0, 0.1) is 14.2 Å². The van der Waals surface area contributed by atoms with Crippen molar-refractivity contribution in [3.05, 3.63) is 38.9 Å². The molecule has 0 saturated heterocycles. The van der Waals surface area contributed by atoms with Crippen molar-refractivity contribution in [2.24, 2.45) is 0 Å². The van der Waals surface area contributed by atoms with Crippen LogP contribution in [0.15, 0.2) is 24.8 Å². The molecule has 2 aromatic rings. The lowest BCUT2D eigenvalue weighted by Crippen LogP contribution is -1.97. The van der Waals surface area contributed by atoms with E-state index < -0.39 is 0 Å². The maximum Gasteiger partial charge on any atom is 0.178 e. The molecule has 0 amide bonds. The summed E-state index contributed by atoms with van der Waals surface area (Å²) in [5.74, 6) is -0.213. The van der Waals surface area contributed by atoms with Gasteiger partial charge in [-0.1, -0.05) is 6.08 Å². The number of nitrogens with zero attached hydrogens (tertiary/aromatic N) is 1. The molecule has 16 heavy (non-hydrogen) atoms. The number of H-pyrrole nitrogens is 1. The van der Waals surface area contributed by atoms with E-state index in [4.69, 9.17) is 12.2 Å². The van der Waals surface area contributed by atoms with E-state index in [0.717, 1.165) is 24.0 Å². The van der Waals surface area contributed by atoms with Gasteiger partial charge in [0.25, 0.3) is 0 Å². The number of allylic oxidation sites excluding steroid dienone is 1. The molecule has 1 heterocycles. The van der Waals surface area contributed by atoms with Crippen LogP contribution in [0.25, 0.3) is 11.0 Å². The fraction of sp³-hybridized carbons (Fsp3) is 0.182. The molecule has 1 aromatic heterocycles. The SMILES string of the molecule is C=CCCn1c(=S)[nH]c2cc(I)c(F)cc21. The second-order valence-electron chi connectivity index (χ2n) is 3.44. The number of imidazole rings is 1. The first-order valence-electron chi connectivity index (χ1n) is 4.82. The highest BCUT2D eigenvalue weighted by atomic mass is 127. The summed E-state index contributed by atoms with van der Waals surface area (Å²) in [5, 5.41) is 0. The molecular formula is C11H10FIN2S. The third-order valence-electron chi connectivity index (χ3n) is 2.37. The number of nitrogens with one attached hydrogen (secondary N) is 1. The minimum absolute atomic E-state index is 0.213. The van der Waals surface area contributed by atoms with Gasteiger partial charge in [-0.2, -0.15) is 0 Å². The lowest BCUT2D eigenvalue weighted by molar-refractivity contribution is 0.620. The summed E-state index contributed by atoms with van der Waals surface area (Å²) in [5.41, 5.74) is 1.68. The molecule has 0 fully saturated rings. The van der Waals surface area contributed by atoms with Gasteiger partial charge in [-0.25, -0.2) is 4.39 Å². The van der Waals surface area contributed by atoms with E-state index in [1.807, 2.05) is 33.2 Å². The fourth-order valence-electron chi connectivity index (χ4n) is 1.59. The molecule has 0 aliphatic rings.